The monoisotopic (exact) mass is 462 g/mol. The van der Waals surface area contributed by atoms with Gasteiger partial charge >= 0.3 is 0 Å². The predicted molar refractivity (Wildman–Crippen MR) is 115 cm³/mol. The first kappa shape index (κ1) is 19.9. The molecule has 1 aromatic heterocycles. The van der Waals surface area contributed by atoms with Crippen LogP contribution in [0.2, 0.25) is 0 Å². The summed E-state index contributed by atoms with van der Waals surface area (Å²) in [5.41, 5.74) is 3.93. The molecule has 4 rings (SSSR count). The number of ether oxygens (including phenoxy) is 1. The third-order valence-electron chi connectivity index (χ3n) is 5.55. The Morgan fingerprint density at radius 1 is 1.14 bits per heavy atom. The molecule has 0 fully saturated rings. The second-order valence-corrected chi connectivity index (χ2v) is 8.18. The molecule has 0 radical (unpaired) electrons. The highest BCUT2D eigenvalue weighted by Crippen LogP contribution is 2.42. The van der Waals surface area contributed by atoms with E-state index in [0.29, 0.717) is 22.3 Å². The summed E-state index contributed by atoms with van der Waals surface area (Å²) in [6.07, 6.45) is -0.840. The van der Waals surface area contributed by atoms with Crippen molar-refractivity contribution < 1.29 is 13.5 Å². The molecule has 0 atom stereocenters. The fourth-order valence-electron chi connectivity index (χ4n) is 4.05. The smallest absolute Gasteiger partial charge is 0.265 e. The molecule has 0 amide bonds. The van der Waals surface area contributed by atoms with E-state index in [2.05, 4.69) is 20.8 Å². The minimum atomic E-state index is -2.57. The van der Waals surface area contributed by atoms with Gasteiger partial charge in [0.25, 0.3) is 12.0 Å². The van der Waals surface area contributed by atoms with E-state index in [1.807, 2.05) is 18.2 Å². The van der Waals surface area contributed by atoms with Gasteiger partial charge in [-0.1, -0.05) is 15.9 Å². The second kappa shape index (κ2) is 7.44. The van der Waals surface area contributed by atoms with Crippen molar-refractivity contribution in [2.45, 2.75) is 26.2 Å². The number of halogens is 3. The molecular weight excluding hydrogens is 442 g/mol. The number of hydrogen-bond donors (Lipinski definition) is 0. The van der Waals surface area contributed by atoms with Gasteiger partial charge in [-0.3, -0.25) is 4.79 Å². The normalized spacial score (nSPS) is 13.8. The molecule has 2 heterocycles. The summed E-state index contributed by atoms with van der Waals surface area (Å²) in [7, 11) is 3.31. The van der Waals surface area contributed by atoms with E-state index in [-0.39, 0.29) is 11.1 Å². The topological polar surface area (TPSA) is 34.5 Å². The van der Waals surface area contributed by atoms with Crippen molar-refractivity contribution in [2.24, 2.45) is 7.05 Å². The van der Waals surface area contributed by atoms with Crippen molar-refractivity contribution >= 4 is 38.2 Å². The van der Waals surface area contributed by atoms with Crippen molar-refractivity contribution in [3.05, 3.63) is 61.8 Å². The van der Waals surface area contributed by atoms with E-state index in [1.54, 1.807) is 37.8 Å². The van der Waals surface area contributed by atoms with E-state index in [0.717, 1.165) is 40.7 Å². The lowest BCUT2D eigenvalue weighted by Crippen LogP contribution is -2.26. The number of benzene rings is 2. The molecule has 4 nitrogen and oxygen atoms in total. The minimum absolute atomic E-state index is 0.0218. The van der Waals surface area contributed by atoms with Gasteiger partial charge in [-0.15, -0.1) is 0 Å². The summed E-state index contributed by atoms with van der Waals surface area (Å²) in [5.74, 6) is 0.615. The highest BCUT2D eigenvalue weighted by molar-refractivity contribution is 9.10. The van der Waals surface area contributed by atoms with Crippen molar-refractivity contribution in [1.29, 1.82) is 0 Å². The molecule has 1 aliphatic heterocycles. The third kappa shape index (κ3) is 3.31. The number of pyridine rings is 1. The van der Waals surface area contributed by atoms with Crippen molar-refractivity contribution in [1.82, 2.24) is 4.57 Å². The number of aryl methyl sites for hydroxylation is 3. The molecule has 1 aliphatic rings. The number of nitrogens with zero attached hydrogens (tertiary/aromatic N) is 2. The summed E-state index contributed by atoms with van der Waals surface area (Å²) >= 11 is 3.29. The molecule has 3 aromatic rings. The lowest BCUT2D eigenvalue weighted by molar-refractivity contribution is 0.150. The zero-order chi connectivity index (χ0) is 20.9. The Morgan fingerprint density at radius 3 is 2.59 bits per heavy atom. The fourth-order valence-corrected chi connectivity index (χ4v) is 4.62. The van der Waals surface area contributed by atoms with E-state index in [1.165, 1.54) is 0 Å². The average molecular weight is 463 g/mol. The predicted octanol–water partition coefficient (Wildman–Crippen LogP) is 5.64. The van der Waals surface area contributed by atoms with Crippen LogP contribution in [-0.2, 0) is 13.5 Å². The summed E-state index contributed by atoms with van der Waals surface area (Å²) in [5, 5.41) is 0.889. The van der Waals surface area contributed by atoms with Gasteiger partial charge in [-0.2, -0.15) is 0 Å². The third-order valence-corrected chi connectivity index (χ3v) is 6.24. The van der Waals surface area contributed by atoms with Crippen LogP contribution in [0.4, 0.5) is 20.2 Å². The molecule has 2 aromatic carbocycles. The largest absolute Gasteiger partial charge is 0.497 e. The molecule has 0 spiro atoms. The molecule has 0 aliphatic carbocycles. The van der Waals surface area contributed by atoms with Gasteiger partial charge in [0.1, 0.15) is 5.75 Å². The van der Waals surface area contributed by atoms with Crippen LogP contribution in [0.3, 0.4) is 0 Å². The first-order valence-corrected chi connectivity index (χ1v) is 10.2. The second-order valence-electron chi connectivity index (χ2n) is 7.33. The quantitative estimate of drug-likeness (QED) is 0.504. The van der Waals surface area contributed by atoms with E-state index in [4.69, 9.17) is 4.74 Å². The Bertz CT molecular complexity index is 1170. The van der Waals surface area contributed by atoms with Crippen LogP contribution in [0.15, 0.2) is 39.6 Å². The van der Waals surface area contributed by atoms with Crippen LogP contribution in [0.5, 0.6) is 5.75 Å². The number of fused-ring (bicyclic) bond motifs is 2. The van der Waals surface area contributed by atoms with Crippen molar-refractivity contribution in [2.75, 3.05) is 18.6 Å². The van der Waals surface area contributed by atoms with Crippen LogP contribution >= 0.6 is 15.9 Å². The Kier molecular flexibility index (Phi) is 5.11. The first-order valence-electron chi connectivity index (χ1n) is 9.38. The van der Waals surface area contributed by atoms with Gasteiger partial charge in [0.05, 0.1) is 18.3 Å². The number of anilines is 2. The summed E-state index contributed by atoms with van der Waals surface area (Å²) < 4.78 is 34.6. The standard InChI is InChI=1S/C22H21BrF2N2O2/c1-12-7-16-19(26(2)22(12)28)9-14(29-3)10-20(16)27-6-4-5-13-8-17(23)15(21(24)25)11-18(13)27/h7-11,21H,4-6H2,1-3H3. The van der Waals surface area contributed by atoms with Crippen molar-refractivity contribution in [3.8, 4) is 5.75 Å². The van der Waals surface area contributed by atoms with Gasteiger partial charge in [-0.25, -0.2) is 8.78 Å². The lowest BCUT2D eigenvalue weighted by Gasteiger charge is -2.33. The van der Waals surface area contributed by atoms with E-state index >= 15 is 0 Å². The van der Waals surface area contributed by atoms with Crippen LogP contribution in [-0.4, -0.2) is 18.2 Å². The van der Waals surface area contributed by atoms with Gasteiger partial charge in [0.15, 0.2) is 0 Å². The van der Waals surface area contributed by atoms with Crippen LogP contribution in [0.25, 0.3) is 10.9 Å². The maximum Gasteiger partial charge on any atom is 0.265 e. The zero-order valence-corrected chi connectivity index (χ0v) is 18.0. The molecule has 7 heteroatoms. The van der Waals surface area contributed by atoms with Crippen LogP contribution in [0.1, 0.15) is 29.5 Å². The number of methoxy groups -OCH3 is 1. The molecular formula is C22H21BrF2N2O2. The highest BCUT2D eigenvalue weighted by atomic mass is 79.9. The number of aromatic nitrogens is 1. The molecule has 152 valence electrons. The minimum Gasteiger partial charge on any atom is -0.497 e. The van der Waals surface area contributed by atoms with Crippen LogP contribution < -0.4 is 15.2 Å². The van der Waals surface area contributed by atoms with Gasteiger partial charge in [-0.05, 0) is 43.5 Å². The van der Waals surface area contributed by atoms with Gasteiger partial charge in [0, 0.05) is 52.4 Å². The van der Waals surface area contributed by atoms with Gasteiger partial charge in [0.2, 0.25) is 0 Å². The summed E-state index contributed by atoms with van der Waals surface area (Å²) in [4.78, 5) is 14.5. The fraction of sp³-hybridized carbons (Fsp3) is 0.318. The van der Waals surface area contributed by atoms with E-state index in [9.17, 15) is 13.6 Å². The van der Waals surface area contributed by atoms with Crippen LogP contribution in [0, 0.1) is 6.92 Å². The lowest BCUT2D eigenvalue weighted by atomic mass is 9.98. The maximum absolute atomic E-state index is 13.5. The summed E-state index contributed by atoms with van der Waals surface area (Å²) in [6, 6.07) is 8.98. The Morgan fingerprint density at radius 2 is 1.90 bits per heavy atom. The molecule has 0 saturated heterocycles. The van der Waals surface area contributed by atoms with E-state index < -0.39 is 6.43 Å². The average Bonchev–Trinajstić information content (AvgIpc) is 2.70. The summed E-state index contributed by atoms with van der Waals surface area (Å²) in [6.45, 7) is 2.48. The Hall–Kier alpha value is -2.41. The number of alkyl halides is 2. The Labute approximate surface area is 175 Å². The molecule has 0 unspecified atom stereocenters. The zero-order valence-electron chi connectivity index (χ0n) is 16.4. The molecule has 0 saturated carbocycles. The highest BCUT2D eigenvalue weighted by Gasteiger charge is 2.25. The molecule has 29 heavy (non-hydrogen) atoms. The molecule has 0 N–H and O–H groups in total. The Balaban J connectivity index is 2.02. The van der Waals surface area contributed by atoms with Gasteiger partial charge < -0.3 is 14.2 Å². The number of rotatable bonds is 3. The maximum atomic E-state index is 13.5. The van der Waals surface area contributed by atoms with Crippen molar-refractivity contribution in [3.63, 3.8) is 0 Å². The first-order chi connectivity index (χ1) is 13.8. The SMILES string of the molecule is COc1cc(N2CCCc3cc(Br)c(C(F)F)cc32)c2cc(C)c(=O)n(C)c2c1. The molecule has 0 bridgehead atoms. The number of hydrogen-bond acceptors (Lipinski definition) is 3.